The molecule has 0 saturated heterocycles. The molecule has 0 spiro atoms. The van der Waals surface area contributed by atoms with Crippen molar-refractivity contribution in [2.45, 2.75) is 25.4 Å². The Hall–Kier alpha value is -4.55. The molecule has 1 aliphatic rings. The van der Waals surface area contributed by atoms with Crippen molar-refractivity contribution in [2.24, 2.45) is 0 Å². The molecule has 3 N–H and O–H groups in total. The lowest BCUT2D eigenvalue weighted by Gasteiger charge is -2.26. The van der Waals surface area contributed by atoms with Gasteiger partial charge in [0.2, 0.25) is 5.88 Å². The van der Waals surface area contributed by atoms with Gasteiger partial charge in [0.05, 0.1) is 26.0 Å². The summed E-state index contributed by atoms with van der Waals surface area (Å²) in [5.41, 5.74) is -1.47. The van der Waals surface area contributed by atoms with Gasteiger partial charge in [0, 0.05) is 45.5 Å². The molecule has 4 aromatic rings. The Bertz CT molecular complexity index is 1710. The first-order chi connectivity index (χ1) is 19.5. The number of hydrogen-bond acceptors (Lipinski definition) is 7. The Morgan fingerprint density at radius 2 is 1.90 bits per heavy atom. The molecule has 2 amide bonds. The third kappa shape index (κ3) is 4.64. The third-order valence-corrected chi connectivity index (χ3v) is 6.91. The minimum Gasteiger partial charge on any atom is -0.479 e. The van der Waals surface area contributed by atoms with Crippen molar-refractivity contribution < 1.29 is 33.0 Å². The second-order valence-corrected chi connectivity index (χ2v) is 9.95. The van der Waals surface area contributed by atoms with Crippen LogP contribution in [0.3, 0.4) is 0 Å². The van der Waals surface area contributed by atoms with Crippen molar-refractivity contribution in [3.63, 3.8) is 0 Å². The second kappa shape index (κ2) is 10.5. The quantitative estimate of drug-likeness (QED) is 0.286. The highest BCUT2D eigenvalue weighted by Gasteiger charge is 2.51. The Morgan fingerprint density at radius 1 is 1.15 bits per heavy atom. The monoisotopic (exact) mass is 583 g/mol. The number of nitrogens with zero attached hydrogens (tertiary/aromatic N) is 3. The summed E-state index contributed by atoms with van der Waals surface area (Å²) in [5, 5.41) is 17.7. The van der Waals surface area contributed by atoms with E-state index in [9.17, 15) is 23.5 Å². The van der Waals surface area contributed by atoms with Gasteiger partial charge in [0.25, 0.3) is 11.8 Å². The van der Waals surface area contributed by atoms with E-state index in [2.05, 4.69) is 20.6 Å². The van der Waals surface area contributed by atoms with Gasteiger partial charge in [-0.1, -0.05) is 31.5 Å². The van der Waals surface area contributed by atoms with E-state index in [1.807, 2.05) is 13.8 Å². The number of nitrogens with one attached hydrogen (secondary N) is 2. The fourth-order valence-corrected chi connectivity index (χ4v) is 5.06. The molecule has 1 unspecified atom stereocenters. The number of carbonyl (C=O) groups excluding carboxylic acids is 2. The number of fused-ring (bicyclic) bond motifs is 1. The molecular formula is C28H24ClF2N5O5. The van der Waals surface area contributed by atoms with Crippen molar-refractivity contribution in [1.29, 1.82) is 0 Å². The Morgan fingerprint density at radius 3 is 2.56 bits per heavy atom. The summed E-state index contributed by atoms with van der Waals surface area (Å²) in [6, 6.07) is 7.39. The number of aliphatic hydroxyl groups is 1. The van der Waals surface area contributed by atoms with Gasteiger partial charge in [-0.2, -0.15) is 4.98 Å². The average molecular weight is 584 g/mol. The normalized spacial score (nSPS) is 16.0. The van der Waals surface area contributed by atoms with Gasteiger partial charge in [0.15, 0.2) is 17.2 Å². The first-order valence-electron chi connectivity index (χ1n) is 12.3. The summed E-state index contributed by atoms with van der Waals surface area (Å²) in [6.07, 6.45) is 2.80. The smallest absolute Gasteiger partial charge is 0.319 e. The van der Waals surface area contributed by atoms with Crippen molar-refractivity contribution in [3.05, 3.63) is 87.8 Å². The van der Waals surface area contributed by atoms with Crippen LogP contribution in [-0.4, -0.2) is 45.7 Å². The van der Waals surface area contributed by atoms with Crippen LogP contribution in [0.2, 0.25) is 5.02 Å². The Labute approximate surface area is 237 Å². The van der Waals surface area contributed by atoms with Crippen LogP contribution in [0.4, 0.5) is 20.2 Å². The molecule has 5 rings (SSSR count). The zero-order valence-corrected chi connectivity index (χ0v) is 23.0. The summed E-state index contributed by atoms with van der Waals surface area (Å²) in [4.78, 5) is 35.7. The predicted molar refractivity (Wildman–Crippen MR) is 146 cm³/mol. The van der Waals surface area contributed by atoms with Gasteiger partial charge in [-0.05, 0) is 30.2 Å². The molecule has 13 heteroatoms. The van der Waals surface area contributed by atoms with Gasteiger partial charge in [-0.25, -0.2) is 13.8 Å². The number of hydrogen-bond donors (Lipinski definition) is 3. The first kappa shape index (κ1) is 28.0. The molecule has 0 bridgehead atoms. The molecular weight excluding hydrogens is 560 g/mol. The number of benzene rings is 2. The zero-order valence-electron chi connectivity index (χ0n) is 22.3. The second-order valence-electron chi connectivity index (χ2n) is 9.52. The van der Waals surface area contributed by atoms with E-state index in [1.165, 1.54) is 55.4 Å². The Kier molecular flexibility index (Phi) is 7.14. The molecule has 212 valence electrons. The third-order valence-electron chi connectivity index (χ3n) is 6.67. The molecule has 0 aliphatic carbocycles. The van der Waals surface area contributed by atoms with Crippen LogP contribution >= 0.6 is 11.6 Å². The lowest BCUT2D eigenvalue weighted by atomic mass is 9.82. The molecule has 1 aliphatic heterocycles. The van der Waals surface area contributed by atoms with Crippen molar-refractivity contribution >= 4 is 34.8 Å². The standard InChI is InChI=1S/C28H24ClF2N5O5/c1-13(2)23-22(28(39)17-7-5-14(29)9-20(17)34-26(28)38)16(24(37)33-15-6-8-18(30)19(31)10-15)12-36(23)21-11-32-27(41-4)35-25(21)40-3/h5-13,39H,1-4H3,(H,33,37)(H,34,38). The van der Waals surface area contributed by atoms with E-state index in [0.29, 0.717) is 10.7 Å². The fourth-order valence-electron chi connectivity index (χ4n) is 4.89. The van der Waals surface area contributed by atoms with Crippen molar-refractivity contribution in [1.82, 2.24) is 14.5 Å². The number of aromatic nitrogens is 3. The molecule has 2 aromatic carbocycles. The molecule has 0 saturated carbocycles. The molecule has 3 heterocycles. The number of amides is 2. The lowest BCUT2D eigenvalue weighted by molar-refractivity contribution is -0.129. The van der Waals surface area contributed by atoms with Gasteiger partial charge in [-0.3, -0.25) is 9.59 Å². The molecule has 41 heavy (non-hydrogen) atoms. The van der Waals surface area contributed by atoms with Crippen LogP contribution in [0.1, 0.15) is 46.9 Å². The summed E-state index contributed by atoms with van der Waals surface area (Å²) in [5.74, 6) is -4.17. The maximum atomic E-state index is 13.9. The van der Waals surface area contributed by atoms with Crippen molar-refractivity contribution in [2.75, 3.05) is 24.9 Å². The number of halogens is 3. The van der Waals surface area contributed by atoms with E-state index in [1.54, 1.807) is 0 Å². The largest absolute Gasteiger partial charge is 0.479 e. The highest BCUT2D eigenvalue weighted by molar-refractivity contribution is 6.31. The van der Waals surface area contributed by atoms with Crippen LogP contribution in [0.5, 0.6) is 11.9 Å². The maximum Gasteiger partial charge on any atom is 0.319 e. The maximum absolute atomic E-state index is 13.9. The van der Waals surface area contributed by atoms with Gasteiger partial charge >= 0.3 is 6.01 Å². The zero-order chi connectivity index (χ0) is 29.6. The Balaban J connectivity index is 1.79. The topological polar surface area (TPSA) is 128 Å². The highest BCUT2D eigenvalue weighted by atomic mass is 35.5. The number of ether oxygens (including phenoxy) is 2. The summed E-state index contributed by atoms with van der Waals surface area (Å²) >= 11 is 6.13. The summed E-state index contributed by atoms with van der Waals surface area (Å²) < 4.78 is 39.6. The number of rotatable bonds is 7. The van der Waals surface area contributed by atoms with Crippen LogP contribution in [0.15, 0.2) is 48.8 Å². The van der Waals surface area contributed by atoms with Gasteiger partial charge in [0.1, 0.15) is 5.69 Å². The SMILES string of the molecule is COc1ncc(-n2cc(C(=O)Nc3ccc(F)c(F)c3)c(C3(O)C(=O)Nc4cc(Cl)ccc43)c2C(C)C)c(OC)n1. The van der Waals surface area contributed by atoms with Crippen LogP contribution in [0.25, 0.3) is 5.69 Å². The van der Waals surface area contributed by atoms with E-state index < -0.39 is 35.0 Å². The van der Waals surface area contributed by atoms with E-state index in [4.69, 9.17) is 21.1 Å². The minimum atomic E-state index is -2.34. The fraction of sp³-hybridized carbons (Fsp3) is 0.214. The number of carbonyl (C=O) groups is 2. The van der Waals surface area contributed by atoms with Crippen LogP contribution in [-0.2, 0) is 10.4 Å². The van der Waals surface area contributed by atoms with E-state index in [-0.39, 0.29) is 45.6 Å². The predicted octanol–water partition coefficient (Wildman–Crippen LogP) is 4.78. The summed E-state index contributed by atoms with van der Waals surface area (Å²) in [6.45, 7) is 3.62. The average Bonchev–Trinajstić information content (AvgIpc) is 3.46. The van der Waals surface area contributed by atoms with Crippen LogP contribution < -0.4 is 20.1 Å². The molecule has 1 atom stereocenters. The van der Waals surface area contributed by atoms with Crippen LogP contribution in [0, 0.1) is 11.6 Å². The highest BCUT2D eigenvalue weighted by Crippen LogP contribution is 2.47. The van der Waals surface area contributed by atoms with Gasteiger partial charge < -0.3 is 29.8 Å². The lowest BCUT2D eigenvalue weighted by Crippen LogP contribution is -2.38. The first-order valence-corrected chi connectivity index (χ1v) is 12.7. The number of methoxy groups -OCH3 is 2. The summed E-state index contributed by atoms with van der Waals surface area (Å²) in [7, 11) is 2.78. The van der Waals surface area contributed by atoms with Crippen molar-refractivity contribution in [3.8, 4) is 17.6 Å². The van der Waals surface area contributed by atoms with Gasteiger partial charge in [-0.15, -0.1) is 0 Å². The molecule has 0 radical (unpaired) electrons. The minimum absolute atomic E-state index is 0.0278. The molecule has 2 aromatic heterocycles. The molecule has 10 nitrogen and oxygen atoms in total. The van der Waals surface area contributed by atoms with E-state index in [0.717, 1.165) is 12.1 Å². The molecule has 0 fully saturated rings. The number of anilines is 2. The van der Waals surface area contributed by atoms with E-state index >= 15 is 0 Å².